The zero-order chi connectivity index (χ0) is 11.8. The van der Waals surface area contributed by atoms with E-state index in [0.29, 0.717) is 17.6 Å². The van der Waals surface area contributed by atoms with Gasteiger partial charge >= 0.3 is 0 Å². The molecule has 1 rings (SSSR count). The Hall–Kier alpha value is -0.330. The molecular formula is C15H28O. The number of hydrogen-bond acceptors (Lipinski definition) is 1. The van der Waals surface area contributed by atoms with E-state index in [1.165, 1.54) is 64.2 Å². The highest BCUT2D eigenvalue weighted by Crippen LogP contribution is 2.41. The summed E-state index contributed by atoms with van der Waals surface area (Å²) >= 11 is 0. The molecule has 0 aromatic carbocycles. The standard InChI is InChI=1S/C15H28O/c1-3-5-7-9-11-13-14(15(13)16)12-10-8-6-4-2/h13-14H,3-12H2,1-2H3. The molecule has 0 N–H and O–H groups in total. The average Bonchev–Trinajstić information content (AvgIpc) is 2.90. The number of carbonyl (C=O) groups is 1. The Morgan fingerprint density at radius 3 is 1.56 bits per heavy atom. The van der Waals surface area contributed by atoms with Gasteiger partial charge in [0.2, 0.25) is 0 Å². The second kappa shape index (κ2) is 7.86. The normalized spacial score (nSPS) is 23.8. The third-order valence-corrected chi connectivity index (χ3v) is 3.84. The monoisotopic (exact) mass is 224 g/mol. The summed E-state index contributed by atoms with van der Waals surface area (Å²) in [4.78, 5) is 11.5. The minimum absolute atomic E-state index is 0.471. The Bertz CT molecular complexity index is 178. The third kappa shape index (κ3) is 4.67. The SMILES string of the molecule is CCCCCCC1C(=O)C1CCCCCC. The first-order chi connectivity index (χ1) is 7.81. The number of Topliss-reactive ketones (excluding diaryl/α,β-unsaturated/α-hetero) is 1. The molecule has 0 aromatic rings. The lowest BCUT2D eigenvalue weighted by molar-refractivity contribution is -0.112. The van der Waals surface area contributed by atoms with Gasteiger partial charge in [-0.2, -0.15) is 0 Å². The molecule has 0 spiro atoms. The van der Waals surface area contributed by atoms with Crippen molar-refractivity contribution in [3.05, 3.63) is 0 Å². The highest BCUT2D eigenvalue weighted by molar-refractivity contribution is 5.99. The predicted octanol–water partition coefficient (Wildman–Crippen LogP) is 4.74. The van der Waals surface area contributed by atoms with Gasteiger partial charge in [-0.25, -0.2) is 0 Å². The van der Waals surface area contributed by atoms with Crippen LogP contribution in [0.2, 0.25) is 0 Å². The molecule has 1 fully saturated rings. The van der Waals surface area contributed by atoms with Crippen LogP contribution in [-0.2, 0) is 4.79 Å². The van der Waals surface area contributed by atoms with E-state index in [9.17, 15) is 4.79 Å². The van der Waals surface area contributed by atoms with E-state index in [1.807, 2.05) is 0 Å². The van der Waals surface area contributed by atoms with Crippen molar-refractivity contribution in [3.8, 4) is 0 Å². The van der Waals surface area contributed by atoms with E-state index in [-0.39, 0.29) is 0 Å². The topological polar surface area (TPSA) is 17.1 Å². The minimum Gasteiger partial charge on any atom is -0.299 e. The Morgan fingerprint density at radius 1 is 0.750 bits per heavy atom. The zero-order valence-electron chi connectivity index (χ0n) is 11.1. The molecule has 1 aliphatic rings. The molecule has 0 radical (unpaired) electrons. The Morgan fingerprint density at radius 2 is 1.19 bits per heavy atom. The predicted molar refractivity (Wildman–Crippen MR) is 69.5 cm³/mol. The van der Waals surface area contributed by atoms with Crippen molar-refractivity contribution in [1.29, 1.82) is 0 Å². The number of unbranched alkanes of at least 4 members (excludes halogenated alkanes) is 6. The van der Waals surface area contributed by atoms with Crippen molar-refractivity contribution in [1.82, 2.24) is 0 Å². The quantitative estimate of drug-likeness (QED) is 0.490. The molecule has 0 amide bonds. The maximum atomic E-state index is 11.5. The van der Waals surface area contributed by atoms with Gasteiger partial charge in [0.15, 0.2) is 0 Å². The van der Waals surface area contributed by atoms with Crippen LogP contribution in [0, 0.1) is 11.8 Å². The van der Waals surface area contributed by atoms with Crippen LogP contribution in [0.25, 0.3) is 0 Å². The van der Waals surface area contributed by atoms with Gasteiger partial charge in [0.05, 0.1) is 0 Å². The lowest BCUT2D eigenvalue weighted by atomic mass is 10.1. The van der Waals surface area contributed by atoms with Crippen LogP contribution in [0.1, 0.15) is 78.1 Å². The summed E-state index contributed by atoms with van der Waals surface area (Å²) in [6.07, 6.45) is 12.8. The van der Waals surface area contributed by atoms with E-state index in [2.05, 4.69) is 13.8 Å². The van der Waals surface area contributed by atoms with Crippen molar-refractivity contribution in [2.45, 2.75) is 78.1 Å². The summed E-state index contributed by atoms with van der Waals surface area (Å²) in [6.45, 7) is 4.47. The summed E-state index contributed by atoms with van der Waals surface area (Å²) in [5.41, 5.74) is 0. The van der Waals surface area contributed by atoms with E-state index in [0.717, 1.165) is 0 Å². The number of carbonyl (C=O) groups excluding carboxylic acids is 1. The van der Waals surface area contributed by atoms with E-state index in [4.69, 9.17) is 0 Å². The van der Waals surface area contributed by atoms with Crippen LogP contribution in [0.3, 0.4) is 0 Å². The fraction of sp³-hybridized carbons (Fsp3) is 0.933. The first kappa shape index (κ1) is 13.7. The molecular weight excluding hydrogens is 196 g/mol. The Kier molecular flexibility index (Phi) is 6.75. The molecule has 1 heteroatoms. The van der Waals surface area contributed by atoms with Gasteiger partial charge in [0, 0.05) is 11.8 Å². The van der Waals surface area contributed by atoms with E-state index < -0.39 is 0 Å². The van der Waals surface area contributed by atoms with Gasteiger partial charge in [-0.3, -0.25) is 4.79 Å². The average molecular weight is 224 g/mol. The van der Waals surface area contributed by atoms with Crippen LogP contribution >= 0.6 is 0 Å². The lowest BCUT2D eigenvalue weighted by Crippen LogP contribution is -1.86. The fourth-order valence-electron chi connectivity index (χ4n) is 2.62. The largest absolute Gasteiger partial charge is 0.299 e. The van der Waals surface area contributed by atoms with E-state index in [1.54, 1.807) is 0 Å². The molecule has 1 nitrogen and oxygen atoms in total. The summed E-state index contributed by atoms with van der Waals surface area (Å²) in [5.74, 6) is 1.52. The summed E-state index contributed by atoms with van der Waals surface area (Å²) < 4.78 is 0. The van der Waals surface area contributed by atoms with E-state index >= 15 is 0 Å². The zero-order valence-corrected chi connectivity index (χ0v) is 11.1. The van der Waals surface area contributed by atoms with Crippen molar-refractivity contribution < 1.29 is 4.79 Å². The maximum absolute atomic E-state index is 11.5. The highest BCUT2D eigenvalue weighted by atomic mass is 16.1. The molecule has 0 aliphatic heterocycles. The lowest BCUT2D eigenvalue weighted by Gasteiger charge is -1.99. The fourth-order valence-corrected chi connectivity index (χ4v) is 2.62. The molecule has 2 atom stereocenters. The van der Waals surface area contributed by atoms with Gasteiger partial charge in [0.1, 0.15) is 5.78 Å². The summed E-state index contributed by atoms with van der Waals surface area (Å²) in [6, 6.07) is 0. The van der Waals surface area contributed by atoms with Gasteiger partial charge in [-0.05, 0) is 12.8 Å². The molecule has 0 aromatic heterocycles. The first-order valence-electron chi connectivity index (χ1n) is 7.35. The molecule has 0 saturated heterocycles. The maximum Gasteiger partial charge on any atom is 0.140 e. The second-order valence-electron chi connectivity index (χ2n) is 5.31. The summed E-state index contributed by atoms with van der Waals surface area (Å²) in [5, 5.41) is 0. The molecule has 0 bridgehead atoms. The van der Waals surface area contributed by atoms with Gasteiger partial charge in [0.25, 0.3) is 0 Å². The molecule has 16 heavy (non-hydrogen) atoms. The number of rotatable bonds is 10. The van der Waals surface area contributed by atoms with Crippen molar-refractivity contribution in [3.63, 3.8) is 0 Å². The van der Waals surface area contributed by atoms with Crippen molar-refractivity contribution in [2.75, 3.05) is 0 Å². The van der Waals surface area contributed by atoms with Crippen LogP contribution in [-0.4, -0.2) is 5.78 Å². The molecule has 2 unspecified atom stereocenters. The van der Waals surface area contributed by atoms with Crippen LogP contribution < -0.4 is 0 Å². The third-order valence-electron chi connectivity index (χ3n) is 3.84. The van der Waals surface area contributed by atoms with Gasteiger partial charge < -0.3 is 0 Å². The smallest absolute Gasteiger partial charge is 0.140 e. The van der Waals surface area contributed by atoms with Gasteiger partial charge in [-0.1, -0.05) is 65.2 Å². The van der Waals surface area contributed by atoms with Gasteiger partial charge in [-0.15, -0.1) is 0 Å². The molecule has 0 heterocycles. The van der Waals surface area contributed by atoms with Crippen LogP contribution in [0.4, 0.5) is 0 Å². The highest BCUT2D eigenvalue weighted by Gasteiger charge is 2.46. The molecule has 94 valence electrons. The second-order valence-corrected chi connectivity index (χ2v) is 5.31. The van der Waals surface area contributed by atoms with Crippen LogP contribution in [0.5, 0.6) is 0 Å². The number of ketones is 1. The molecule has 1 aliphatic carbocycles. The minimum atomic E-state index is 0.471. The van der Waals surface area contributed by atoms with Crippen molar-refractivity contribution >= 4 is 5.78 Å². The molecule has 1 saturated carbocycles. The van der Waals surface area contributed by atoms with Crippen LogP contribution in [0.15, 0.2) is 0 Å². The first-order valence-corrected chi connectivity index (χ1v) is 7.35. The number of hydrogen-bond donors (Lipinski definition) is 0. The van der Waals surface area contributed by atoms with Crippen molar-refractivity contribution in [2.24, 2.45) is 11.8 Å². The Balaban J connectivity index is 1.97. The Labute approximate surface area is 101 Å². The summed E-state index contributed by atoms with van der Waals surface area (Å²) in [7, 11) is 0.